The average molecular weight is 234 g/mol. The number of oxazole rings is 1. The van der Waals surface area contributed by atoms with Crippen LogP contribution in [-0.2, 0) is 7.05 Å². The molecule has 0 saturated heterocycles. The molecule has 1 aliphatic carbocycles. The third-order valence-corrected chi connectivity index (χ3v) is 3.50. The Bertz CT molecular complexity index is 637. The van der Waals surface area contributed by atoms with Crippen molar-refractivity contribution in [1.29, 1.82) is 0 Å². The van der Waals surface area contributed by atoms with Gasteiger partial charge < -0.3 is 15.3 Å². The number of nitrogens with zero attached hydrogens (tertiary/aromatic N) is 1. The van der Waals surface area contributed by atoms with E-state index in [1.54, 1.807) is 25.2 Å². The van der Waals surface area contributed by atoms with E-state index < -0.39 is 17.4 Å². The molecule has 90 valence electrons. The molecule has 0 amide bonds. The molecule has 0 aliphatic heterocycles. The molecule has 2 aromatic rings. The third-order valence-electron chi connectivity index (χ3n) is 3.50. The van der Waals surface area contributed by atoms with E-state index in [-0.39, 0.29) is 0 Å². The van der Waals surface area contributed by atoms with Crippen LogP contribution < -0.4 is 11.5 Å². The Kier molecular flexibility index (Phi) is 1.99. The summed E-state index contributed by atoms with van der Waals surface area (Å²) in [6.07, 6.45) is 0.976. The number of hydrogen-bond donors (Lipinski definition) is 2. The lowest BCUT2D eigenvalue weighted by molar-refractivity contribution is 0.136. The van der Waals surface area contributed by atoms with E-state index in [0.29, 0.717) is 11.1 Å². The van der Waals surface area contributed by atoms with E-state index in [0.717, 1.165) is 18.4 Å². The van der Waals surface area contributed by atoms with Gasteiger partial charge in [-0.25, -0.2) is 4.79 Å². The Morgan fingerprint density at radius 1 is 1.53 bits per heavy atom. The number of hydrogen-bond acceptors (Lipinski definition) is 4. The van der Waals surface area contributed by atoms with Gasteiger partial charge in [-0.15, -0.1) is 0 Å². The van der Waals surface area contributed by atoms with Gasteiger partial charge in [-0.2, -0.15) is 0 Å². The SMILES string of the molecule is Cn1c(=O)oc2ccc(C(O)C3(N)CC3)cc21. The highest BCUT2D eigenvalue weighted by molar-refractivity contribution is 5.73. The van der Waals surface area contributed by atoms with E-state index in [4.69, 9.17) is 10.2 Å². The highest BCUT2D eigenvalue weighted by Gasteiger charge is 2.45. The monoisotopic (exact) mass is 234 g/mol. The quantitative estimate of drug-likeness (QED) is 0.799. The molecular weight excluding hydrogens is 220 g/mol. The molecular formula is C12H14N2O3. The second kappa shape index (κ2) is 3.21. The molecule has 1 heterocycles. The van der Waals surface area contributed by atoms with Crippen molar-refractivity contribution in [2.75, 3.05) is 0 Å². The minimum atomic E-state index is -0.683. The van der Waals surface area contributed by atoms with E-state index >= 15 is 0 Å². The minimum absolute atomic E-state index is 0.402. The van der Waals surface area contributed by atoms with Crippen LogP contribution >= 0.6 is 0 Å². The molecule has 1 saturated carbocycles. The van der Waals surface area contributed by atoms with E-state index in [1.807, 2.05) is 0 Å². The smallest absolute Gasteiger partial charge is 0.408 e. The fourth-order valence-corrected chi connectivity index (χ4v) is 2.06. The molecule has 1 atom stereocenters. The summed E-state index contributed by atoms with van der Waals surface area (Å²) in [5.74, 6) is -0.402. The minimum Gasteiger partial charge on any atom is -0.408 e. The summed E-state index contributed by atoms with van der Waals surface area (Å²) in [6, 6.07) is 5.21. The van der Waals surface area contributed by atoms with Gasteiger partial charge in [-0.1, -0.05) is 6.07 Å². The lowest BCUT2D eigenvalue weighted by atomic mass is 10.0. The number of fused-ring (bicyclic) bond motifs is 1. The largest absolute Gasteiger partial charge is 0.419 e. The summed E-state index contributed by atoms with van der Waals surface area (Å²) in [4.78, 5) is 11.3. The maximum atomic E-state index is 11.3. The first kappa shape index (κ1) is 10.6. The number of aliphatic hydroxyl groups excluding tert-OH is 1. The van der Waals surface area contributed by atoms with Gasteiger partial charge in [-0.05, 0) is 30.5 Å². The zero-order chi connectivity index (χ0) is 12.2. The fourth-order valence-electron chi connectivity index (χ4n) is 2.06. The summed E-state index contributed by atoms with van der Waals surface area (Å²) >= 11 is 0. The van der Waals surface area contributed by atoms with Gasteiger partial charge in [0.1, 0.15) is 0 Å². The van der Waals surface area contributed by atoms with Crippen molar-refractivity contribution in [2.45, 2.75) is 24.5 Å². The number of aromatic nitrogens is 1. The molecule has 5 nitrogen and oxygen atoms in total. The van der Waals surface area contributed by atoms with Crippen molar-refractivity contribution >= 4 is 11.1 Å². The Balaban J connectivity index is 2.12. The zero-order valence-corrected chi connectivity index (χ0v) is 9.51. The molecule has 3 rings (SSSR count). The number of benzene rings is 1. The highest BCUT2D eigenvalue weighted by Crippen LogP contribution is 2.43. The van der Waals surface area contributed by atoms with Crippen molar-refractivity contribution in [2.24, 2.45) is 12.8 Å². The van der Waals surface area contributed by atoms with Crippen molar-refractivity contribution in [3.63, 3.8) is 0 Å². The summed E-state index contributed by atoms with van der Waals surface area (Å²) in [5.41, 5.74) is 7.41. The van der Waals surface area contributed by atoms with Crippen molar-refractivity contribution in [3.05, 3.63) is 34.3 Å². The first-order valence-corrected chi connectivity index (χ1v) is 5.58. The maximum Gasteiger partial charge on any atom is 0.419 e. The number of aryl methyl sites for hydroxylation is 1. The average Bonchev–Trinajstić information content (AvgIpc) is 3.00. The van der Waals surface area contributed by atoms with Crippen LogP contribution in [0, 0.1) is 0 Å². The first-order valence-electron chi connectivity index (χ1n) is 5.58. The Morgan fingerprint density at radius 3 is 2.88 bits per heavy atom. The van der Waals surface area contributed by atoms with Crippen LogP contribution in [0.25, 0.3) is 11.1 Å². The molecule has 0 radical (unpaired) electrons. The van der Waals surface area contributed by atoms with Gasteiger partial charge in [0.05, 0.1) is 11.6 Å². The van der Waals surface area contributed by atoms with Gasteiger partial charge in [0, 0.05) is 12.6 Å². The molecule has 0 spiro atoms. The molecule has 0 bridgehead atoms. The van der Waals surface area contributed by atoms with E-state index in [9.17, 15) is 9.90 Å². The standard InChI is InChI=1S/C12H14N2O3/c1-14-8-6-7(10(15)12(13)4-5-12)2-3-9(8)17-11(14)16/h2-3,6,10,15H,4-5,13H2,1H3. The van der Waals surface area contributed by atoms with Crippen molar-refractivity contribution < 1.29 is 9.52 Å². The van der Waals surface area contributed by atoms with Crippen LogP contribution in [0.5, 0.6) is 0 Å². The number of rotatable bonds is 2. The highest BCUT2D eigenvalue weighted by atomic mass is 16.4. The number of nitrogens with two attached hydrogens (primary N) is 1. The van der Waals surface area contributed by atoms with Crippen LogP contribution in [0.15, 0.2) is 27.4 Å². The molecule has 1 aromatic heterocycles. The van der Waals surface area contributed by atoms with E-state index in [2.05, 4.69) is 0 Å². The predicted molar refractivity (Wildman–Crippen MR) is 62.6 cm³/mol. The second-order valence-electron chi connectivity index (χ2n) is 4.79. The summed E-state index contributed by atoms with van der Waals surface area (Å²) in [5, 5.41) is 10.1. The van der Waals surface area contributed by atoms with Crippen LogP contribution in [-0.4, -0.2) is 15.2 Å². The molecule has 1 fully saturated rings. The molecule has 1 aromatic carbocycles. The summed E-state index contributed by atoms with van der Waals surface area (Å²) in [6.45, 7) is 0. The van der Waals surface area contributed by atoms with Crippen molar-refractivity contribution in [1.82, 2.24) is 4.57 Å². The molecule has 3 N–H and O–H groups in total. The van der Waals surface area contributed by atoms with Crippen LogP contribution in [0.1, 0.15) is 24.5 Å². The molecule has 5 heteroatoms. The normalized spacial score (nSPS) is 19.5. The Labute approximate surface area is 97.5 Å². The molecule has 17 heavy (non-hydrogen) atoms. The maximum absolute atomic E-state index is 11.3. The number of aliphatic hydroxyl groups is 1. The van der Waals surface area contributed by atoms with E-state index in [1.165, 1.54) is 4.57 Å². The van der Waals surface area contributed by atoms with Gasteiger partial charge in [0.15, 0.2) is 5.58 Å². The molecule has 1 unspecified atom stereocenters. The first-order chi connectivity index (χ1) is 8.01. The lowest BCUT2D eigenvalue weighted by Crippen LogP contribution is -2.30. The Hall–Kier alpha value is -1.59. The van der Waals surface area contributed by atoms with Gasteiger partial charge >= 0.3 is 5.76 Å². The topological polar surface area (TPSA) is 81.4 Å². The second-order valence-corrected chi connectivity index (χ2v) is 4.79. The van der Waals surface area contributed by atoms with Gasteiger partial charge in [-0.3, -0.25) is 4.57 Å². The summed E-state index contributed by atoms with van der Waals surface area (Å²) < 4.78 is 6.45. The van der Waals surface area contributed by atoms with Crippen LogP contribution in [0.3, 0.4) is 0 Å². The van der Waals surface area contributed by atoms with Crippen LogP contribution in [0.2, 0.25) is 0 Å². The van der Waals surface area contributed by atoms with Crippen LogP contribution in [0.4, 0.5) is 0 Å². The Morgan fingerprint density at radius 2 is 2.24 bits per heavy atom. The third kappa shape index (κ3) is 1.50. The van der Waals surface area contributed by atoms with Gasteiger partial charge in [0.25, 0.3) is 0 Å². The zero-order valence-electron chi connectivity index (χ0n) is 9.51. The molecule has 1 aliphatic rings. The van der Waals surface area contributed by atoms with Gasteiger partial charge in [0.2, 0.25) is 0 Å². The fraction of sp³-hybridized carbons (Fsp3) is 0.417. The predicted octanol–water partition coefficient (Wildman–Crippen LogP) is 0.656. The lowest BCUT2D eigenvalue weighted by Gasteiger charge is -2.17. The summed E-state index contributed by atoms with van der Waals surface area (Å²) in [7, 11) is 1.64. The van der Waals surface area contributed by atoms with Crippen molar-refractivity contribution in [3.8, 4) is 0 Å².